The number of piperidine rings is 1. The van der Waals surface area contributed by atoms with Crippen LogP contribution in [0, 0.1) is 22.9 Å². The van der Waals surface area contributed by atoms with Gasteiger partial charge in [-0.1, -0.05) is 0 Å². The lowest BCUT2D eigenvalue weighted by atomic mass is 9.58. The molecule has 1 aliphatic heterocycles. The van der Waals surface area contributed by atoms with Gasteiger partial charge in [0.2, 0.25) is 0 Å². The van der Waals surface area contributed by atoms with Gasteiger partial charge in [-0.15, -0.1) is 0 Å². The summed E-state index contributed by atoms with van der Waals surface area (Å²) in [5.74, 6) is -4.25. The van der Waals surface area contributed by atoms with Gasteiger partial charge < -0.3 is 14.7 Å². The molecule has 0 aromatic heterocycles. The first kappa shape index (κ1) is 17.2. The Morgan fingerprint density at radius 1 is 1.29 bits per heavy atom. The van der Waals surface area contributed by atoms with Crippen LogP contribution >= 0.6 is 0 Å². The number of likely N-dealkylation sites (tertiary alicyclic amines) is 1. The highest BCUT2D eigenvalue weighted by Crippen LogP contribution is 2.51. The SMILES string of the molecule is CCOC1CC(O)C12CCN(C(=O)c1c(F)cc(F)cc1F)CC2. The molecule has 7 heteroatoms. The summed E-state index contributed by atoms with van der Waals surface area (Å²) in [4.78, 5) is 13.7. The summed E-state index contributed by atoms with van der Waals surface area (Å²) in [6.45, 7) is 2.98. The number of benzene rings is 1. The molecule has 4 nitrogen and oxygen atoms in total. The van der Waals surface area contributed by atoms with E-state index in [2.05, 4.69) is 0 Å². The minimum atomic E-state index is -1.20. The molecule has 132 valence electrons. The molecule has 3 rings (SSSR count). The standard InChI is InChI=1S/C17H20F3NO3/c1-2-24-14-9-13(22)17(14)3-5-21(6-4-17)16(23)15-11(19)7-10(18)8-12(15)20/h7-8,13-14,22H,2-6,9H2,1H3. The number of hydrogen-bond donors (Lipinski definition) is 1. The number of ether oxygens (including phenoxy) is 1. The molecule has 2 atom stereocenters. The van der Waals surface area contributed by atoms with Crippen LogP contribution in [0.5, 0.6) is 0 Å². The van der Waals surface area contributed by atoms with Crippen LogP contribution in [0.15, 0.2) is 12.1 Å². The first-order valence-corrected chi connectivity index (χ1v) is 8.12. The van der Waals surface area contributed by atoms with Gasteiger partial charge in [0.15, 0.2) is 0 Å². The molecule has 1 saturated carbocycles. The van der Waals surface area contributed by atoms with Crippen molar-refractivity contribution in [3.05, 3.63) is 35.1 Å². The summed E-state index contributed by atoms with van der Waals surface area (Å²) in [6.07, 6.45) is 1.06. The van der Waals surface area contributed by atoms with Gasteiger partial charge in [-0.3, -0.25) is 4.79 Å². The predicted octanol–water partition coefficient (Wildman–Crippen LogP) is 2.50. The highest BCUT2D eigenvalue weighted by molar-refractivity contribution is 5.94. The van der Waals surface area contributed by atoms with Crippen LogP contribution in [-0.4, -0.2) is 47.8 Å². The van der Waals surface area contributed by atoms with Crippen LogP contribution in [0.1, 0.15) is 36.5 Å². The smallest absolute Gasteiger partial charge is 0.259 e. The van der Waals surface area contributed by atoms with Crippen LogP contribution in [0.3, 0.4) is 0 Å². The lowest BCUT2D eigenvalue weighted by Crippen LogP contribution is -2.62. The zero-order valence-electron chi connectivity index (χ0n) is 13.4. The van der Waals surface area contributed by atoms with Crippen molar-refractivity contribution in [2.24, 2.45) is 5.41 Å². The lowest BCUT2D eigenvalue weighted by molar-refractivity contribution is -0.207. The Kier molecular flexibility index (Phi) is 4.57. The minimum Gasteiger partial charge on any atom is -0.392 e. The normalized spacial score (nSPS) is 25.6. The molecule has 1 N–H and O–H groups in total. The van der Waals surface area contributed by atoms with Crippen LogP contribution < -0.4 is 0 Å². The quantitative estimate of drug-likeness (QED) is 0.917. The van der Waals surface area contributed by atoms with Gasteiger partial charge in [-0.25, -0.2) is 13.2 Å². The number of carbonyl (C=O) groups is 1. The maximum Gasteiger partial charge on any atom is 0.259 e. The third-order valence-electron chi connectivity index (χ3n) is 5.31. The summed E-state index contributed by atoms with van der Waals surface area (Å²) >= 11 is 0. The van der Waals surface area contributed by atoms with Crippen molar-refractivity contribution < 1.29 is 27.8 Å². The van der Waals surface area contributed by atoms with E-state index in [0.29, 0.717) is 38.0 Å². The fourth-order valence-electron chi connectivity index (χ4n) is 3.85. The summed E-state index contributed by atoms with van der Waals surface area (Å²) in [6, 6.07) is 1.01. The van der Waals surface area contributed by atoms with Crippen molar-refractivity contribution in [1.29, 1.82) is 0 Å². The molecule has 1 aromatic rings. The summed E-state index contributed by atoms with van der Waals surface area (Å²) in [5.41, 5.74) is -1.12. The Morgan fingerprint density at radius 3 is 2.38 bits per heavy atom. The molecule has 1 aliphatic carbocycles. The molecular formula is C17H20F3NO3. The average molecular weight is 343 g/mol. The van der Waals surface area contributed by atoms with Gasteiger partial charge in [0.1, 0.15) is 23.0 Å². The third kappa shape index (κ3) is 2.69. The molecule has 2 aliphatic rings. The van der Waals surface area contributed by atoms with E-state index in [-0.39, 0.29) is 24.6 Å². The third-order valence-corrected chi connectivity index (χ3v) is 5.31. The second-order valence-electron chi connectivity index (χ2n) is 6.47. The van der Waals surface area contributed by atoms with Gasteiger partial charge in [0.05, 0.1) is 12.2 Å². The minimum absolute atomic E-state index is 0.0472. The highest BCUT2D eigenvalue weighted by atomic mass is 19.1. The van der Waals surface area contributed by atoms with Crippen LogP contribution in [0.25, 0.3) is 0 Å². The number of nitrogens with zero attached hydrogens (tertiary/aromatic N) is 1. The van der Waals surface area contributed by atoms with Crippen LogP contribution in [0.4, 0.5) is 13.2 Å². The topological polar surface area (TPSA) is 49.8 Å². The highest BCUT2D eigenvalue weighted by Gasteiger charge is 2.56. The summed E-state index contributed by atoms with van der Waals surface area (Å²) in [7, 11) is 0. The van der Waals surface area contributed by atoms with Gasteiger partial charge >= 0.3 is 0 Å². The van der Waals surface area contributed by atoms with E-state index in [0.717, 1.165) is 0 Å². The molecular weight excluding hydrogens is 323 g/mol. The second-order valence-corrected chi connectivity index (χ2v) is 6.47. The number of rotatable bonds is 3. The number of aliphatic hydroxyl groups is 1. The number of amides is 1. The van der Waals surface area contributed by atoms with Crippen molar-refractivity contribution in [1.82, 2.24) is 4.90 Å². The first-order valence-electron chi connectivity index (χ1n) is 8.12. The molecule has 1 amide bonds. The van der Waals surface area contributed by atoms with Crippen molar-refractivity contribution >= 4 is 5.91 Å². The Balaban J connectivity index is 1.72. The monoisotopic (exact) mass is 343 g/mol. The summed E-state index contributed by atoms with van der Waals surface area (Å²) < 4.78 is 46.2. The maximum atomic E-state index is 13.8. The zero-order valence-corrected chi connectivity index (χ0v) is 13.4. The van der Waals surface area contributed by atoms with Crippen molar-refractivity contribution in [3.8, 4) is 0 Å². The van der Waals surface area contributed by atoms with E-state index >= 15 is 0 Å². The van der Waals surface area contributed by atoms with E-state index < -0.39 is 35.0 Å². The molecule has 1 spiro atoms. The van der Waals surface area contributed by atoms with Crippen molar-refractivity contribution in [2.45, 2.75) is 38.4 Å². The van der Waals surface area contributed by atoms with Gasteiger partial charge in [-0.05, 0) is 19.8 Å². The molecule has 24 heavy (non-hydrogen) atoms. The molecule has 2 fully saturated rings. The Labute approximate surface area is 138 Å². The molecule has 1 aromatic carbocycles. The van der Waals surface area contributed by atoms with Crippen LogP contribution in [-0.2, 0) is 4.74 Å². The van der Waals surface area contributed by atoms with E-state index in [4.69, 9.17) is 4.74 Å². The average Bonchev–Trinajstić information content (AvgIpc) is 2.54. The molecule has 0 radical (unpaired) electrons. The zero-order chi connectivity index (χ0) is 17.5. The fraction of sp³-hybridized carbons (Fsp3) is 0.588. The molecule has 1 saturated heterocycles. The van der Waals surface area contributed by atoms with E-state index in [9.17, 15) is 23.1 Å². The number of aliphatic hydroxyl groups excluding tert-OH is 1. The van der Waals surface area contributed by atoms with Crippen molar-refractivity contribution in [2.75, 3.05) is 19.7 Å². The second kappa shape index (κ2) is 6.37. The van der Waals surface area contributed by atoms with E-state index in [1.54, 1.807) is 0 Å². The van der Waals surface area contributed by atoms with Crippen LogP contribution in [0.2, 0.25) is 0 Å². The summed E-state index contributed by atoms with van der Waals surface area (Å²) in [5, 5.41) is 10.1. The Hall–Kier alpha value is -1.60. The van der Waals surface area contributed by atoms with Gasteiger partial charge in [0, 0.05) is 43.7 Å². The Bertz CT molecular complexity index is 619. The predicted molar refractivity (Wildman–Crippen MR) is 79.9 cm³/mol. The largest absolute Gasteiger partial charge is 0.392 e. The van der Waals surface area contributed by atoms with Gasteiger partial charge in [-0.2, -0.15) is 0 Å². The fourth-order valence-corrected chi connectivity index (χ4v) is 3.85. The molecule has 2 unspecified atom stereocenters. The van der Waals surface area contributed by atoms with E-state index in [1.807, 2.05) is 6.92 Å². The van der Waals surface area contributed by atoms with Gasteiger partial charge in [0.25, 0.3) is 5.91 Å². The van der Waals surface area contributed by atoms with E-state index in [1.165, 1.54) is 4.90 Å². The molecule has 0 bridgehead atoms. The number of halogens is 3. The lowest BCUT2D eigenvalue weighted by Gasteiger charge is -2.56. The number of carbonyl (C=O) groups excluding carboxylic acids is 1. The molecule has 1 heterocycles. The van der Waals surface area contributed by atoms with Crippen molar-refractivity contribution in [3.63, 3.8) is 0 Å². The Morgan fingerprint density at radius 2 is 1.88 bits per heavy atom. The number of hydrogen-bond acceptors (Lipinski definition) is 3. The first-order chi connectivity index (χ1) is 11.4. The maximum absolute atomic E-state index is 13.8.